The Morgan fingerprint density at radius 2 is 1.67 bits per heavy atom. The predicted octanol–water partition coefficient (Wildman–Crippen LogP) is 2.45. The van der Waals surface area contributed by atoms with Crippen molar-refractivity contribution in [2.45, 2.75) is 32.5 Å². The summed E-state index contributed by atoms with van der Waals surface area (Å²) in [5, 5.41) is 11.9. The third kappa shape index (κ3) is 2.67. The summed E-state index contributed by atoms with van der Waals surface area (Å²) in [5.41, 5.74) is 2.35. The Morgan fingerprint density at radius 1 is 1.04 bits per heavy atom. The van der Waals surface area contributed by atoms with Crippen LogP contribution in [-0.4, -0.2) is 21.9 Å². The van der Waals surface area contributed by atoms with Crippen LogP contribution in [0.25, 0.3) is 0 Å². The second-order valence-electron chi connectivity index (χ2n) is 6.24. The van der Waals surface area contributed by atoms with Gasteiger partial charge in [0, 0.05) is 0 Å². The van der Waals surface area contributed by atoms with Crippen LogP contribution in [0.2, 0.25) is 0 Å². The van der Waals surface area contributed by atoms with Gasteiger partial charge in [-0.25, -0.2) is 4.79 Å². The van der Waals surface area contributed by atoms with Gasteiger partial charge < -0.3 is 10.4 Å². The molecule has 2 N–H and O–H groups in total. The normalized spacial score (nSPS) is 20.4. The molecular weight excluding hydrogens is 304 g/mol. The molecule has 3 rings (SSSR count). The summed E-state index contributed by atoms with van der Waals surface area (Å²) >= 11 is 0. The Morgan fingerprint density at radius 3 is 2.29 bits per heavy atom. The molecule has 1 fully saturated rings. The molecule has 2 aromatic rings. The van der Waals surface area contributed by atoms with Crippen LogP contribution in [0.1, 0.15) is 29.2 Å². The first-order valence-corrected chi connectivity index (χ1v) is 7.84. The minimum atomic E-state index is -1.05. The van der Waals surface area contributed by atoms with Crippen LogP contribution in [0, 0.1) is 6.92 Å². The van der Waals surface area contributed by atoms with E-state index < -0.39 is 11.6 Å². The van der Waals surface area contributed by atoms with Gasteiger partial charge in [0.1, 0.15) is 5.54 Å². The first-order chi connectivity index (χ1) is 11.5. The summed E-state index contributed by atoms with van der Waals surface area (Å²) in [4.78, 5) is 26.5. The molecule has 0 bridgehead atoms. The highest BCUT2D eigenvalue weighted by Crippen LogP contribution is 2.31. The van der Waals surface area contributed by atoms with E-state index in [1.54, 1.807) is 19.1 Å². The lowest BCUT2D eigenvalue weighted by Gasteiger charge is -2.24. The summed E-state index contributed by atoms with van der Waals surface area (Å²) in [5.74, 6) is -0.256. The minimum Gasteiger partial charge on any atom is -0.392 e. The summed E-state index contributed by atoms with van der Waals surface area (Å²) in [6.07, 6.45) is 0. The molecule has 0 radical (unpaired) electrons. The van der Waals surface area contributed by atoms with Gasteiger partial charge in [0.15, 0.2) is 0 Å². The highest BCUT2D eigenvalue weighted by molar-refractivity contribution is 6.07. The number of aryl methyl sites for hydroxylation is 1. The van der Waals surface area contributed by atoms with Crippen molar-refractivity contribution in [1.82, 2.24) is 10.2 Å². The molecule has 124 valence electrons. The van der Waals surface area contributed by atoms with E-state index in [4.69, 9.17) is 5.11 Å². The zero-order valence-electron chi connectivity index (χ0n) is 13.7. The number of aliphatic hydroxyl groups is 1. The molecule has 1 aliphatic heterocycles. The van der Waals surface area contributed by atoms with E-state index in [1.165, 1.54) is 4.90 Å². The van der Waals surface area contributed by atoms with E-state index in [-0.39, 0.29) is 19.1 Å². The number of rotatable bonds is 4. The molecule has 1 aliphatic rings. The van der Waals surface area contributed by atoms with E-state index in [0.29, 0.717) is 0 Å². The van der Waals surface area contributed by atoms with E-state index in [9.17, 15) is 9.59 Å². The molecule has 1 unspecified atom stereocenters. The molecule has 3 amide bonds. The maximum atomic E-state index is 12.9. The average Bonchev–Trinajstić information content (AvgIpc) is 2.80. The summed E-state index contributed by atoms with van der Waals surface area (Å²) in [6.45, 7) is 3.84. The number of urea groups is 1. The van der Waals surface area contributed by atoms with Gasteiger partial charge in [0.2, 0.25) is 0 Å². The fourth-order valence-electron chi connectivity index (χ4n) is 3.09. The van der Waals surface area contributed by atoms with Gasteiger partial charge in [-0.05, 0) is 36.1 Å². The van der Waals surface area contributed by atoms with Gasteiger partial charge in [0.05, 0.1) is 13.2 Å². The van der Waals surface area contributed by atoms with Crippen molar-refractivity contribution in [2.75, 3.05) is 0 Å². The van der Waals surface area contributed by atoms with Gasteiger partial charge in [-0.3, -0.25) is 9.69 Å². The number of aliphatic hydroxyl groups excluding tert-OH is 1. The number of nitrogens with one attached hydrogen (secondary N) is 1. The topological polar surface area (TPSA) is 69.6 Å². The van der Waals surface area contributed by atoms with Crippen LogP contribution >= 0.6 is 0 Å². The third-order valence-electron chi connectivity index (χ3n) is 4.50. The lowest BCUT2D eigenvalue weighted by atomic mass is 9.88. The molecule has 1 atom stereocenters. The number of imide groups is 1. The Bertz CT molecular complexity index is 785. The van der Waals surface area contributed by atoms with Crippen molar-refractivity contribution in [3.05, 3.63) is 70.8 Å². The lowest BCUT2D eigenvalue weighted by molar-refractivity contribution is -0.131. The lowest BCUT2D eigenvalue weighted by Crippen LogP contribution is -2.41. The number of hydrogen-bond acceptors (Lipinski definition) is 3. The number of carbonyl (C=O) groups is 2. The van der Waals surface area contributed by atoms with Crippen LogP contribution in [-0.2, 0) is 23.5 Å². The number of hydrogen-bond donors (Lipinski definition) is 2. The quantitative estimate of drug-likeness (QED) is 0.849. The Kier molecular flexibility index (Phi) is 4.11. The number of nitrogens with zero attached hydrogens (tertiary/aromatic N) is 1. The number of carbonyl (C=O) groups excluding carboxylic acids is 2. The van der Waals surface area contributed by atoms with Crippen molar-refractivity contribution >= 4 is 11.9 Å². The maximum absolute atomic E-state index is 12.9. The van der Waals surface area contributed by atoms with Crippen LogP contribution in [0.15, 0.2) is 48.5 Å². The molecule has 5 nitrogen and oxygen atoms in total. The SMILES string of the molecule is Cc1ccccc1C1(C)NC(=O)N(Cc2ccc(CO)cc2)C1=O. The first kappa shape index (κ1) is 16.2. The summed E-state index contributed by atoms with van der Waals surface area (Å²) in [7, 11) is 0. The first-order valence-electron chi connectivity index (χ1n) is 7.84. The molecule has 2 aromatic carbocycles. The van der Waals surface area contributed by atoms with Gasteiger partial charge in [-0.2, -0.15) is 0 Å². The Balaban J connectivity index is 1.87. The third-order valence-corrected chi connectivity index (χ3v) is 4.50. The van der Waals surface area contributed by atoms with Crippen molar-refractivity contribution in [2.24, 2.45) is 0 Å². The maximum Gasteiger partial charge on any atom is 0.325 e. The van der Waals surface area contributed by atoms with Gasteiger partial charge in [0.25, 0.3) is 5.91 Å². The fraction of sp³-hybridized carbons (Fsp3) is 0.263. The van der Waals surface area contributed by atoms with E-state index >= 15 is 0 Å². The number of amides is 3. The molecule has 0 saturated carbocycles. The van der Waals surface area contributed by atoms with Crippen LogP contribution in [0.4, 0.5) is 4.79 Å². The van der Waals surface area contributed by atoms with Crippen LogP contribution in [0.5, 0.6) is 0 Å². The smallest absolute Gasteiger partial charge is 0.325 e. The van der Waals surface area contributed by atoms with Crippen molar-refractivity contribution in [3.8, 4) is 0 Å². The van der Waals surface area contributed by atoms with Crippen molar-refractivity contribution < 1.29 is 14.7 Å². The monoisotopic (exact) mass is 324 g/mol. The molecule has 1 saturated heterocycles. The molecule has 0 spiro atoms. The van der Waals surface area contributed by atoms with Crippen LogP contribution < -0.4 is 5.32 Å². The van der Waals surface area contributed by atoms with Crippen molar-refractivity contribution in [1.29, 1.82) is 0 Å². The zero-order valence-corrected chi connectivity index (χ0v) is 13.7. The van der Waals surface area contributed by atoms with Gasteiger partial charge >= 0.3 is 6.03 Å². The van der Waals surface area contributed by atoms with E-state index in [2.05, 4.69) is 5.32 Å². The predicted molar refractivity (Wildman–Crippen MR) is 90.0 cm³/mol. The van der Waals surface area contributed by atoms with Gasteiger partial charge in [-0.15, -0.1) is 0 Å². The minimum absolute atomic E-state index is 0.0330. The Labute approximate surface area is 140 Å². The highest BCUT2D eigenvalue weighted by atomic mass is 16.3. The van der Waals surface area contributed by atoms with E-state index in [1.807, 2.05) is 43.3 Å². The molecule has 1 heterocycles. The average molecular weight is 324 g/mol. The summed E-state index contributed by atoms with van der Waals surface area (Å²) < 4.78 is 0. The second-order valence-corrected chi connectivity index (χ2v) is 6.24. The van der Waals surface area contributed by atoms with Gasteiger partial charge in [-0.1, -0.05) is 48.5 Å². The number of benzene rings is 2. The molecule has 0 aromatic heterocycles. The highest BCUT2D eigenvalue weighted by Gasteiger charge is 2.49. The molecule has 24 heavy (non-hydrogen) atoms. The fourth-order valence-corrected chi connectivity index (χ4v) is 3.09. The second kappa shape index (κ2) is 6.09. The molecule has 0 aliphatic carbocycles. The standard InChI is InChI=1S/C19H20N2O3/c1-13-5-3-4-6-16(13)19(2)17(23)21(18(24)20-19)11-14-7-9-15(12-22)10-8-14/h3-10,22H,11-12H2,1-2H3,(H,20,24). The van der Waals surface area contributed by atoms with Crippen LogP contribution in [0.3, 0.4) is 0 Å². The Hall–Kier alpha value is -2.66. The largest absolute Gasteiger partial charge is 0.392 e. The molecule has 5 heteroatoms. The van der Waals surface area contributed by atoms with E-state index in [0.717, 1.165) is 22.3 Å². The summed E-state index contributed by atoms with van der Waals surface area (Å²) in [6, 6.07) is 14.4. The molecular formula is C19H20N2O3. The zero-order chi connectivity index (χ0) is 17.3. The van der Waals surface area contributed by atoms with Crippen molar-refractivity contribution in [3.63, 3.8) is 0 Å².